The van der Waals surface area contributed by atoms with E-state index in [1.54, 1.807) is 7.11 Å². The zero-order valence-corrected chi connectivity index (χ0v) is 14.9. The predicted octanol–water partition coefficient (Wildman–Crippen LogP) is 1.62. The maximum Gasteiger partial charge on any atom is 0.323 e. The highest BCUT2D eigenvalue weighted by Crippen LogP contribution is 2.35. The first-order valence-corrected chi connectivity index (χ1v) is 8.71. The third-order valence-electron chi connectivity index (χ3n) is 4.89. The van der Waals surface area contributed by atoms with Crippen molar-refractivity contribution in [2.45, 2.75) is 31.6 Å². The molecule has 1 heterocycles. The van der Waals surface area contributed by atoms with Crippen molar-refractivity contribution < 1.29 is 14.3 Å². The molecule has 7 nitrogen and oxygen atoms in total. The summed E-state index contributed by atoms with van der Waals surface area (Å²) in [5.41, 5.74) is 8.89. The molecule has 0 spiro atoms. The first-order valence-electron chi connectivity index (χ1n) is 8.71. The van der Waals surface area contributed by atoms with Crippen molar-refractivity contribution in [2.75, 3.05) is 13.7 Å². The van der Waals surface area contributed by atoms with Gasteiger partial charge in [0.2, 0.25) is 0 Å². The van der Waals surface area contributed by atoms with Gasteiger partial charge >= 0.3 is 6.03 Å². The van der Waals surface area contributed by atoms with Crippen LogP contribution in [0.15, 0.2) is 41.9 Å². The molecule has 7 heteroatoms. The summed E-state index contributed by atoms with van der Waals surface area (Å²) in [6.07, 6.45) is 4.11. The van der Waals surface area contributed by atoms with Gasteiger partial charge in [-0.25, -0.2) is 4.79 Å². The number of ether oxygens (including phenoxy) is 1. The van der Waals surface area contributed by atoms with Crippen molar-refractivity contribution in [3.63, 3.8) is 0 Å². The van der Waals surface area contributed by atoms with Crippen molar-refractivity contribution in [3.8, 4) is 5.75 Å². The molecule has 1 aliphatic carbocycles. The summed E-state index contributed by atoms with van der Waals surface area (Å²) in [4.78, 5) is 23.8. The number of methoxy groups -OCH3 is 1. The zero-order valence-electron chi connectivity index (χ0n) is 14.9. The summed E-state index contributed by atoms with van der Waals surface area (Å²) in [5, 5.41) is 7.69. The molecule has 0 fully saturated rings. The Morgan fingerprint density at radius 1 is 1.42 bits per heavy atom. The second-order valence-electron chi connectivity index (χ2n) is 6.54. The number of benzene rings is 1. The number of rotatable bonds is 5. The Kier molecular flexibility index (Phi) is 5.16. The first-order chi connectivity index (χ1) is 12.5. The molecule has 5 N–H and O–H groups in total. The highest BCUT2D eigenvalue weighted by atomic mass is 16.5. The maximum absolute atomic E-state index is 12.3. The van der Waals surface area contributed by atoms with Gasteiger partial charge in [-0.1, -0.05) is 12.6 Å². The molecule has 1 aromatic rings. The van der Waals surface area contributed by atoms with Crippen LogP contribution in [-0.2, 0) is 11.2 Å². The Balaban J connectivity index is 1.62. The number of aryl methyl sites for hydroxylation is 1. The van der Waals surface area contributed by atoms with Gasteiger partial charge in [0.25, 0.3) is 5.91 Å². The molecule has 2 aliphatic rings. The van der Waals surface area contributed by atoms with E-state index >= 15 is 0 Å². The smallest absolute Gasteiger partial charge is 0.323 e. The lowest BCUT2D eigenvalue weighted by molar-refractivity contribution is -0.117. The van der Waals surface area contributed by atoms with Gasteiger partial charge in [0.1, 0.15) is 11.4 Å². The molecule has 3 amide bonds. The Morgan fingerprint density at radius 3 is 3.00 bits per heavy atom. The Labute approximate surface area is 152 Å². The topological polar surface area (TPSA) is 105 Å². The number of amides is 3. The highest BCUT2D eigenvalue weighted by Gasteiger charge is 2.25. The van der Waals surface area contributed by atoms with E-state index in [0.717, 1.165) is 31.4 Å². The van der Waals surface area contributed by atoms with Gasteiger partial charge < -0.3 is 26.4 Å². The number of hydrogen-bond acceptors (Lipinski definition) is 4. The number of carbonyl (C=O) groups excluding carboxylic acids is 2. The van der Waals surface area contributed by atoms with Gasteiger partial charge in [0.05, 0.1) is 18.5 Å². The quantitative estimate of drug-likeness (QED) is 0.643. The molecule has 26 heavy (non-hydrogen) atoms. The maximum atomic E-state index is 12.3. The molecule has 0 aromatic heterocycles. The van der Waals surface area contributed by atoms with E-state index in [9.17, 15) is 9.59 Å². The normalized spacial score (nSPS) is 19.3. The zero-order chi connectivity index (χ0) is 18.7. The summed E-state index contributed by atoms with van der Waals surface area (Å²) in [6.45, 7) is 4.12. The molecule has 138 valence electrons. The van der Waals surface area contributed by atoms with Crippen LogP contribution in [-0.4, -0.2) is 25.6 Å². The van der Waals surface area contributed by atoms with Gasteiger partial charge in [-0.05, 0) is 54.9 Å². The molecular weight excluding hydrogens is 332 g/mol. The van der Waals surface area contributed by atoms with E-state index < -0.39 is 11.9 Å². The standard InChI is InChI=1S/C19H24N4O3/c1-11-16(20)17(23-19(25)22-11)18(24)21-9-8-13-5-3-4-12-6-7-14(26-2)10-15(12)13/h6-7,10,13H,1,3-5,8-9,20H2,2H3,(H,21,24)(H2,22,23,25)/t13-/m1/s1. The van der Waals surface area contributed by atoms with Crippen molar-refractivity contribution in [1.82, 2.24) is 16.0 Å². The minimum absolute atomic E-state index is 0.0458. The number of hydrogen-bond donors (Lipinski definition) is 4. The van der Waals surface area contributed by atoms with Crippen LogP contribution in [0.5, 0.6) is 5.75 Å². The summed E-state index contributed by atoms with van der Waals surface area (Å²) in [5.74, 6) is 0.826. The average molecular weight is 356 g/mol. The third kappa shape index (κ3) is 3.66. The lowest BCUT2D eigenvalue weighted by atomic mass is 9.81. The molecule has 0 unspecified atom stereocenters. The van der Waals surface area contributed by atoms with Crippen LogP contribution < -0.4 is 26.4 Å². The van der Waals surface area contributed by atoms with E-state index in [1.807, 2.05) is 6.07 Å². The lowest BCUT2D eigenvalue weighted by Gasteiger charge is -2.26. The van der Waals surface area contributed by atoms with E-state index in [-0.39, 0.29) is 17.1 Å². The van der Waals surface area contributed by atoms with Crippen LogP contribution in [0.4, 0.5) is 4.79 Å². The molecular formula is C19H24N4O3. The molecule has 1 aromatic carbocycles. The average Bonchev–Trinajstić information content (AvgIpc) is 2.64. The molecule has 1 atom stereocenters. The summed E-state index contributed by atoms with van der Waals surface area (Å²) >= 11 is 0. The predicted molar refractivity (Wildman–Crippen MR) is 98.3 cm³/mol. The van der Waals surface area contributed by atoms with Crippen molar-refractivity contribution in [3.05, 3.63) is 53.0 Å². The van der Waals surface area contributed by atoms with Crippen LogP contribution in [0.1, 0.15) is 36.3 Å². The van der Waals surface area contributed by atoms with E-state index in [1.165, 1.54) is 11.1 Å². The van der Waals surface area contributed by atoms with Crippen LogP contribution in [0.25, 0.3) is 0 Å². The Bertz CT molecular complexity index is 785. The highest BCUT2D eigenvalue weighted by molar-refractivity contribution is 6.00. The van der Waals surface area contributed by atoms with Gasteiger partial charge in [0, 0.05) is 6.54 Å². The number of urea groups is 1. The van der Waals surface area contributed by atoms with Crippen LogP contribution in [0.3, 0.4) is 0 Å². The van der Waals surface area contributed by atoms with Crippen LogP contribution in [0, 0.1) is 0 Å². The van der Waals surface area contributed by atoms with Crippen molar-refractivity contribution >= 4 is 11.9 Å². The second-order valence-corrected chi connectivity index (χ2v) is 6.54. The number of carbonyl (C=O) groups is 2. The third-order valence-corrected chi connectivity index (χ3v) is 4.89. The fourth-order valence-corrected chi connectivity index (χ4v) is 3.50. The van der Waals surface area contributed by atoms with E-state index in [2.05, 4.69) is 34.7 Å². The summed E-state index contributed by atoms with van der Waals surface area (Å²) in [6, 6.07) is 5.70. The largest absolute Gasteiger partial charge is 0.497 e. The minimum Gasteiger partial charge on any atom is -0.497 e. The number of nitrogens with two attached hydrogens (primary N) is 1. The molecule has 0 saturated heterocycles. The summed E-state index contributed by atoms with van der Waals surface area (Å²) in [7, 11) is 1.67. The monoisotopic (exact) mass is 356 g/mol. The molecule has 0 radical (unpaired) electrons. The SMILES string of the molecule is C=C1NC(=O)NC(C(=O)NCC[C@H]2CCCc3ccc(OC)cc32)=C1N. The first kappa shape index (κ1) is 17.8. The van der Waals surface area contributed by atoms with Crippen molar-refractivity contribution in [2.24, 2.45) is 5.73 Å². The van der Waals surface area contributed by atoms with Crippen LogP contribution >= 0.6 is 0 Å². The molecule has 1 aliphatic heterocycles. The molecule has 3 rings (SSSR count). The van der Waals surface area contributed by atoms with Gasteiger partial charge in [-0.2, -0.15) is 0 Å². The van der Waals surface area contributed by atoms with Crippen molar-refractivity contribution in [1.29, 1.82) is 0 Å². The fourth-order valence-electron chi connectivity index (χ4n) is 3.50. The summed E-state index contributed by atoms with van der Waals surface area (Å²) < 4.78 is 5.34. The number of fused-ring (bicyclic) bond motifs is 1. The Morgan fingerprint density at radius 2 is 2.23 bits per heavy atom. The van der Waals surface area contributed by atoms with Gasteiger partial charge in [0.15, 0.2) is 0 Å². The Hall–Kier alpha value is -2.96. The molecule has 0 saturated carbocycles. The lowest BCUT2D eigenvalue weighted by Crippen LogP contribution is -2.47. The fraction of sp³-hybridized carbons (Fsp3) is 0.368. The minimum atomic E-state index is -0.511. The van der Waals surface area contributed by atoms with E-state index in [0.29, 0.717) is 12.5 Å². The van der Waals surface area contributed by atoms with Gasteiger partial charge in [-0.3, -0.25) is 4.79 Å². The van der Waals surface area contributed by atoms with Gasteiger partial charge in [-0.15, -0.1) is 0 Å². The molecule has 0 bridgehead atoms. The van der Waals surface area contributed by atoms with Crippen LogP contribution in [0.2, 0.25) is 0 Å². The van der Waals surface area contributed by atoms with E-state index in [4.69, 9.17) is 10.5 Å². The second kappa shape index (κ2) is 7.51. The number of nitrogens with one attached hydrogen (secondary N) is 3.